The van der Waals surface area contributed by atoms with E-state index in [1.165, 1.54) is 43.2 Å². The molecule has 3 saturated carbocycles. The summed E-state index contributed by atoms with van der Waals surface area (Å²) in [5.74, 6) is 3.99. The highest BCUT2D eigenvalue weighted by Gasteiger charge is 2.35. The Hall–Kier alpha value is -4.32. The van der Waals surface area contributed by atoms with Gasteiger partial charge in [-0.3, -0.25) is 9.59 Å². The van der Waals surface area contributed by atoms with Crippen molar-refractivity contribution in [2.45, 2.75) is 250 Å². The van der Waals surface area contributed by atoms with Gasteiger partial charge in [0.05, 0.1) is 42.4 Å². The Morgan fingerprint density at radius 2 is 0.960 bits per heavy atom. The summed E-state index contributed by atoms with van der Waals surface area (Å²) >= 11 is 0. The van der Waals surface area contributed by atoms with E-state index >= 15 is 0 Å². The minimum atomic E-state index is -0.716. The average Bonchev–Trinajstić information content (AvgIpc) is 3.91. The molecule has 2 heterocycles. The Morgan fingerprint density at radius 1 is 0.560 bits per heavy atom. The maximum Gasteiger partial charge on any atom is 0.312 e. The summed E-state index contributed by atoms with van der Waals surface area (Å²) in [6, 6.07) is 16.4. The Kier molecular flexibility index (Phi) is 22.8. The minimum Gasteiger partial charge on any atom is -0.481 e. The Balaban J connectivity index is 0.000000226. The zero-order chi connectivity index (χ0) is 55.1. The number of rotatable bonds is 18. The van der Waals surface area contributed by atoms with E-state index in [-0.39, 0.29) is 24.3 Å². The van der Waals surface area contributed by atoms with E-state index in [0.29, 0.717) is 48.7 Å². The smallest absolute Gasteiger partial charge is 0.312 e. The largest absolute Gasteiger partial charge is 0.481 e. The van der Waals surface area contributed by atoms with Crippen LogP contribution < -0.4 is 0 Å². The number of ether oxygens (including phenoxy) is 3. The molecule has 3 aliphatic rings. The van der Waals surface area contributed by atoms with E-state index in [9.17, 15) is 19.8 Å². The van der Waals surface area contributed by atoms with E-state index in [0.717, 1.165) is 117 Å². The van der Waals surface area contributed by atoms with E-state index in [2.05, 4.69) is 68.9 Å². The van der Waals surface area contributed by atoms with Crippen molar-refractivity contribution in [3.05, 3.63) is 82.6 Å². The van der Waals surface area contributed by atoms with Crippen LogP contribution in [-0.4, -0.2) is 56.0 Å². The third kappa shape index (κ3) is 21.2. The fraction of sp³-hybridized carbons (Fsp3) is 0.688. The molecular formula is C64H98N2O9. The number of carbonyl (C=O) groups excluding carboxylic acids is 1. The van der Waals surface area contributed by atoms with Crippen molar-refractivity contribution < 1.29 is 42.8 Å². The van der Waals surface area contributed by atoms with Gasteiger partial charge in [-0.25, -0.2) is 9.97 Å². The van der Waals surface area contributed by atoms with Gasteiger partial charge in [-0.05, 0) is 201 Å². The topological polar surface area (TPSA) is 154 Å². The first-order valence-corrected chi connectivity index (χ1v) is 28.6. The number of nitrogens with zero attached hydrogens (tertiary/aromatic N) is 2. The molecule has 4 aromatic rings. The molecule has 2 aromatic heterocycles. The van der Waals surface area contributed by atoms with Gasteiger partial charge in [-0.1, -0.05) is 94.7 Å². The van der Waals surface area contributed by atoms with Crippen LogP contribution in [0.2, 0.25) is 0 Å². The summed E-state index contributed by atoms with van der Waals surface area (Å²) in [6.07, 6.45) is 20.0. The van der Waals surface area contributed by atoms with Crippen molar-refractivity contribution in [1.29, 1.82) is 0 Å². The lowest BCUT2D eigenvalue weighted by Gasteiger charge is -2.32. The quantitative estimate of drug-likeness (QED) is 0.0915. The van der Waals surface area contributed by atoms with E-state index in [1.807, 2.05) is 86.6 Å². The van der Waals surface area contributed by atoms with E-state index in [4.69, 9.17) is 23.0 Å². The van der Waals surface area contributed by atoms with Crippen LogP contribution in [0.25, 0.3) is 22.9 Å². The number of esters is 1. The average molecular weight is 1040 g/mol. The number of hydrogen-bond donors (Lipinski definition) is 2. The number of carbonyl (C=O) groups is 2. The molecule has 0 saturated heterocycles. The molecule has 0 amide bonds. The van der Waals surface area contributed by atoms with Crippen LogP contribution in [-0.2, 0) is 37.0 Å². The fourth-order valence-electron chi connectivity index (χ4n) is 10.4. The number of aryl methyl sites for hydroxylation is 4. The summed E-state index contributed by atoms with van der Waals surface area (Å²) in [7, 11) is 0. The van der Waals surface area contributed by atoms with Crippen molar-refractivity contribution in [2.75, 3.05) is 0 Å². The van der Waals surface area contributed by atoms with Crippen LogP contribution in [0.4, 0.5) is 0 Å². The molecule has 11 nitrogen and oxygen atoms in total. The number of hydrogen-bond acceptors (Lipinski definition) is 10. The first-order valence-electron chi connectivity index (χ1n) is 28.6. The van der Waals surface area contributed by atoms with E-state index < -0.39 is 22.4 Å². The number of aliphatic hydroxyl groups excluding tert-OH is 1. The second-order valence-corrected chi connectivity index (χ2v) is 26.1. The van der Waals surface area contributed by atoms with Gasteiger partial charge in [0, 0.05) is 11.1 Å². The number of oxazole rings is 2. The molecule has 0 spiro atoms. The van der Waals surface area contributed by atoms with Crippen LogP contribution in [0.5, 0.6) is 0 Å². The zero-order valence-electron chi connectivity index (χ0n) is 48.9. The summed E-state index contributed by atoms with van der Waals surface area (Å²) in [4.78, 5) is 33.2. The predicted molar refractivity (Wildman–Crippen MR) is 300 cm³/mol. The molecule has 418 valence electrons. The molecule has 3 aliphatic carbocycles. The Morgan fingerprint density at radius 3 is 1.36 bits per heavy atom. The van der Waals surface area contributed by atoms with Crippen molar-refractivity contribution >= 4 is 11.9 Å². The van der Waals surface area contributed by atoms with Gasteiger partial charge in [0.2, 0.25) is 11.8 Å². The van der Waals surface area contributed by atoms with Gasteiger partial charge in [0.15, 0.2) is 0 Å². The predicted octanol–water partition coefficient (Wildman–Crippen LogP) is 16.5. The molecule has 11 heteroatoms. The molecule has 7 rings (SSSR count). The van der Waals surface area contributed by atoms with Gasteiger partial charge >= 0.3 is 11.9 Å². The van der Waals surface area contributed by atoms with Crippen molar-refractivity contribution in [2.24, 2.45) is 34.0 Å². The maximum absolute atomic E-state index is 12.6. The first kappa shape index (κ1) is 61.5. The highest BCUT2D eigenvalue weighted by atomic mass is 16.6. The molecule has 2 aromatic carbocycles. The van der Waals surface area contributed by atoms with Crippen molar-refractivity contribution in [3.8, 4) is 22.9 Å². The van der Waals surface area contributed by atoms with Gasteiger partial charge in [0.1, 0.15) is 28.5 Å². The normalized spacial score (nSPS) is 21.6. The van der Waals surface area contributed by atoms with Crippen LogP contribution in [0.15, 0.2) is 57.4 Å². The van der Waals surface area contributed by atoms with Gasteiger partial charge in [0.25, 0.3) is 0 Å². The number of aliphatic hydroxyl groups is 1. The highest BCUT2D eigenvalue weighted by molar-refractivity contribution is 5.76. The lowest BCUT2D eigenvalue weighted by Crippen LogP contribution is -2.34. The Labute approximate surface area is 452 Å². The first-order chi connectivity index (χ1) is 35.1. The van der Waals surface area contributed by atoms with Crippen molar-refractivity contribution in [3.63, 3.8) is 0 Å². The van der Waals surface area contributed by atoms with Crippen LogP contribution in [0.3, 0.4) is 0 Å². The molecule has 2 N–H and O–H groups in total. The number of carboxylic acid groups (broad SMARTS) is 1. The van der Waals surface area contributed by atoms with Crippen molar-refractivity contribution in [1.82, 2.24) is 9.97 Å². The van der Waals surface area contributed by atoms with Crippen LogP contribution >= 0.6 is 0 Å². The van der Waals surface area contributed by atoms with Gasteiger partial charge < -0.3 is 33.3 Å². The number of carboxylic acids is 1. The minimum absolute atomic E-state index is 0.00119. The van der Waals surface area contributed by atoms with Gasteiger partial charge in [-0.15, -0.1) is 0 Å². The zero-order valence-corrected chi connectivity index (χ0v) is 48.9. The molecule has 6 atom stereocenters. The third-order valence-corrected chi connectivity index (χ3v) is 15.7. The maximum atomic E-state index is 12.6. The molecule has 3 fully saturated rings. The summed E-state index contributed by atoms with van der Waals surface area (Å²) in [5.41, 5.74) is 5.01. The summed E-state index contributed by atoms with van der Waals surface area (Å²) in [6.45, 7) is 29.2. The summed E-state index contributed by atoms with van der Waals surface area (Å²) in [5, 5.41) is 18.8. The van der Waals surface area contributed by atoms with Crippen LogP contribution in [0.1, 0.15) is 219 Å². The fourth-order valence-corrected chi connectivity index (χ4v) is 10.4. The number of aromatic nitrogens is 2. The third-order valence-electron chi connectivity index (χ3n) is 15.7. The second kappa shape index (κ2) is 27.8. The van der Waals surface area contributed by atoms with E-state index in [1.54, 1.807) is 0 Å². The van der Waals surface area contributed by atoms with Gasteiger partial charge in [-0.2, -0.15) is 0 Å². The lowest BCUT2D eigenvalue weighted by atomic mass is 9.79. The molecule has 0 radical (unpaired) electrons. The molecule has 75 heavy (non-hydrogen) atoms. The molecular weight excluding hydrogens is 941 g/mol. The standard InChI is InChI=1S/C28H41NO4.C24H33NO4.C12H24O/c1-19-11-13-22(14-12-19)25-29-24(20(2)32-25)18-31-23-10-8-9-21(17-23)15-16-28(6,7)26(30)33-27(3,4)5;1-16-8-10-19(11-9-16)22-25-21(17(2)29-22)15-28-20-7-5-6-18(14-20)12-13-24(3,4)23(26)27;1-12(2,3)8-7-10-5-4-6-11(13)9-10/h11-14,21,23H,8-10,15-18H2,1-7H3;8-11,18,20H,5-7,12-15H2,1-4H3,(H,26,27);10-11,13H,4-9H2,1-3H3. The molecule has 0 aliphatic heterocycles. The number of benzene rings is 2. The van der Waals surface area contributed by atoms with Crippen LogP contribution in [0, 0.1) is 61.7 Å². The molecule has 6 unspecified atom stereocenters. The number of aliphatic carboxylic acids is 1. The summed E-state index contributed by atoms with van der Waals surface area (Å²) < 4.78 is 29.8. The highest BCUT2D eigenvalue weighted by Crippen LogP contribution is 2.37. The lowest BCUT2D eigenvalue weighted by molar-refractivity contribution is -0.166. The monoisotopic (exact) mass is 1040 g/mol. The molecule has 0 bridgehead atoms. The Bertz CT molecular complexity index is 2350. The SMILES string of the molecule is CC(C)(C)CCC1CCCC(O)C1.Cc1ccc(-c2nc(COC3CCCC(CCC(C)(C)C(=O)O)C3)c(C)o2)cc1.Cc1ccc(-c2nc(COC3CCCC(CCC(C)(C)C(=O)OC(C)(C)C)C3)c(C)o2)cc1. The second-order valence-electron chi connectivity index (χ2n) is 26.1.